The second kappa shape index (κ2) is 8.02. The number of benzene rings is 2. The number of allylic oxidation sites excluding steroid dienone is 2. The molecule has 5 heteroatoms. The molecule has 0 heterocycles. The summed E-state index contributed by atoms with van der Waals surface area (Å²) in [7, 11) is 0. The highest BCUT2D eigenvalue weighted by atomic mass is 16.5. The third-order valence-electron chi connectivity index (χ3n) is 2.95. The van der Waals surface area contributed by atoms with Crippen LogP contribution in [0.2, 0.25) is 0 Å². The van der Waals surface area contributed by atoms with Gasteiger partial charge in [0.05, 0.1) is 0 Å². The molecule has 0 aliphatic rings. The fraction of sp³-hybridized carbons (Fsp3) is 0.0556. The minimum Gasteiger partial charge on any atom is -0.489 e. The molecule has 2 N–H and O–H groups in total. The van der Waals surface area contributed by atoms with E-state index < -0.39 is 0 Å². The second-order valence-electron chi connectivity index (χ2n) is 4.59. The minimum absolute atomic E-state index is 0.100. The van der Waals surface area contributed by atoms with Gasteiger partial charge in [-0.2, -0.15) is 10.5 Å². The first kappa shape index (κ1) is 15.8. The molecule has 0 bridgehead atoms. The van der Waals surface area contributed by atoms with Crippen LogP contribution >= 0.6 is 0 Å². The lowest BCUT2D eigenvalue weighted by Gasteiger charge is -2.06. The van der Waals surface area contributed by atoms with Gasteiger partial charge >= 0.3 is 0 Å². The number of hydrogen-bond donors (Lipinski definition) is 1. The number of nitrogens with two attached hydrogens (primary N) is 1. The largest absolute Gasteiger partial charge is 0.489 e. The monoisotopic (exact) mass is 302 g/mol. The predicted molar refractivity (Wildman–Crippen MR) is 87.2 cm³/mol. The molecule has 2 aromatic carbocycles. The van der Waals surface area contributed by atoms with E-state index in [9.17, 15) is 0 Å². The maximum atomic E-state index is 8.86. The van der Waals surface area contributed by atoms with Crippen molar-refractivity contribution in [3.8, 4) is 17.9 Å². The average molecular weight is 302 g/mol. The van der Waals surface area contributed by atoms with Crippen molar-refractivity contribution in [1.82, 2.24) is 0 Å². The average Bonchev–Trinajstić information content (AvgIpc) is 2.62. The molecule has 0 amide bonds. The highest BCUT2D eigenvalue weighted by Crippen LogP contribution is 2.13. The third kappa shape index (κ3) is 4.73. The maximum absolute atomic E-state index is 8.86. The Kier molecular flexibility index (Phi) is 5.51. The number of rotatable bonds is 5. The van der Waals surface area contributed by atoms with E-state index in [1.807, 2.05) is 42.5 Å². The lowest BCUT2D eigenvalue weighted by molar-refractivity contribution is 0.306. The van der Waals surface area contributed by atoms with E-state index in [0.717, 1.165) is 16.9 Å². The summed E-state index contributed by atoms with van der Waals surface area (Å²) in [6.45, 7) is 0.494. The van der Waals surface area contributed by atoms with E-state index in [2.05, 4.69) is 4.99 Å². The van der Waals surface area contributed by atoms with Crippen molar-refractivity contribution < 1.29 is 4.74 Å². The zero-order valence-electron chi connectivity index (χ0n) is 12.3. The molecular weight excluding hydrogens is 288 g/mol. The van der Waals surface area contributed by atoms with Gasteiger partial charge in [0.1, 0.15) is 30.2 Å². The van der Waals surface area contributed by atoms with Crippen LogP contribution < -0.4 is 10.5 Å². The number of nitriles is 2. The third-order valence-corrected chi connectivity index (χ3v) is 2.95. The van der Waals surface area contributed by atoms with Crippen LogP contribution in [0.3, 0.4) is 0 Å². The summed E-state index contributed by atoms with van der Waals surface area (Å²) in [5, 5.41) is 17.5. The Morgan fingerprint density at radius 2 is 1.74 bits per heavy atom. The number of aliphatic imine (C=N–C) groups is 1. The van der Waals surface area contributed by atoms with Crippen LogP contribution in [-0.2, 0) is 6.61 Å². The van der Waals surface area contributed by atoms with E-state index in [1.165, 1.54) is 6.21 Å². The van der Waals surface area contributed by atoms with Crippen LogP contribution in [0.1, 0.15) is 11.1 Å². The molecule has 0 fully saturated rings. The number of ether oxygens (including phenoxy) is 1. The molecule has 0 saturated heterocycles. The van der Waals surface area contributed by atoms with Gasteiger partial charge in [-0.25, -0.2) is 4.99 Å². The van der Waals surface area contributed by atoms with Gasteiger partial charge < -0.3 is 10.5 Å². The van der Waals surface area contributed by atoms with Crippen molar-refractivity contribution in [1.29, 1.82) is 10.5 Å². The molecule has 0 atom stereocenters. The normalized spacial score (nSPS) is 11.4. The van der Waals surface area contributed by atoms with E-state index in [0.29, 0.717) is 6.61 Å². The van der Waals surface area contributed by atoms with Crippen LogP contribution in [0, 0.1) is 22.7 Å². The van der Waals surface area contributed by atoms with Crippen molar-refractivity contribution in [3.63, 3.8) is 0 Å². The summed E-state index contributed by atoms with van der Waals surface area (Å²) in [6.07, 6.45) is 1.48. The summed E-state index contributed by atoms with van der Waals surface area (Å²) < 4.78 is 5.68. The Hall–Kier alpha value is -3.57. The van der Waals surface area contributed by atoms with Crippen LogP contribution in [0.25, 0.3) is 0 Å². The fourth-order valence-corrected chi connectivity index (χ4v) is 1.74. The Morgan fingerprint density at radius 1 is 1.04 bits per heavy atom. The van der Waals surface area contributed by atoms with Crippen molar-refractivity contribution in [3.05, 3.63) is 77.1 Å². The molecule has 0 unspecified atom stereocenters. The summed E-state index contributed by atoms with van der Waals surface area (Å²) in [5.41, 5.74) is 6.94. The van der Waals surface area contributed by atoms with Crippen molar-refractivity contribution in [2.45, 2.75) is 6.61 Å². The summed E-state index contributed by atoms with van der Waals surface area (Å²) in [6, 6.07) is 20.6. The van der Waals surface area contributed by atoms with Gasteiger partial charge in [-0.05, 0) is 35.4 Å². The first-order valence-electron chi connectivity index (χ1n) is 6.83. The van der Waals surface area contributed by atoms with Gasteiger partial charge in [0.25, 0.3) is 0 Å². The first-order valence-corrected chi connectivity index (χ1v) is 6.83. The standard InChI is InChI=1S/C18H14N4O/c19-10-17(21)18(11-20)22-12-14-6-8-16(9-7-14)23-13-15-4-2-1-3-5-15/h1-9,12H,13,21H2. The molecule has 0 aliphatic carbocycles. The van der Waals surface area contributed by atoms with E-state index in [4.69, 9.17) is 21.0 Å². The molecule has 2 rings (SSSR count). The number of nitrogens with zero attached hydrogens (tertiary/aromatic N) is 3. The lowest BCUT2D eigenvalue weighted by Crippen LogP contribution is -1.97. The molecule has 2 aromatic rings. The highest BCUT2D eigenvalue weighted by molar-refractivity contribution is 5.81. The van der Waals surface area contributed by atoms with Crippen molar-refractivity contribution in [2.24, 2.45) is 10.7 Å². The van der Waals surface area contributed by atoms with Gasteiger partial charge in [-0.1, -0.05) is 30.3 Å². The minimum atomic E-state index is -0.202. The quantitative estimate of drug-likeness (QED) is 0.678. The first-order chi connectivity index (χ1) is 11.2. The molecule has 0 spiro atoms. The fourth-order valence-electron chi connectivity index (χ4n) is 1.74. The van der Waals surface area contributed by atoms with E-state index in [-0.39, 0.29) is 11.4 Å². The molecule has 0 aromatic heterocycles. The molecule has 0 saturated carbocycles. The van der Waals surface area contributed by atoms with E-state index in [1.54, 1.807) is 24.3 Å². The van der Waals surface area contributed by atoms with Gasteiger partial charge in [0.15, 0.2) is 5.70 Å². The number of hydrogen-bond acceptors (Lipinski definition) is 5. The van der Waals surface area contributed by atoms with Crippen LogP contribution in [0.4, 0.5) is 0 Å². The highest BCUT2D eigenvalue weighted by Gasteiger charge is 1.99. The SMILES string of the molecule is N#CC(N)=C(C#N)N=Cc1ccc(OCc2ccccc2)cc1. The topological polar surface area (TPSA) is 95.2 Å². The smallest absolute Gasteiger partial charge is 0.174 e. The maximum Gasteiger partial charge on any atom is 0.174 e. The lowest BCUT2D eigenvalue weighted by atomic mass is 10.2. The Balaban J connectivity index is 2.00. The molecule has 0 aliphatic heterocycles. The Bertz CT molecular complexity index is 794. The summed E-state index contributed by atoms with van der Waals surface area (Å²) >= 11 is 0. The van der Waals surface area contributed by atoms with E-state index >= 15 is 0 Å². The van der Waals surface area contributed by atoms with Gasteiger partial charge in [0, 0.05) is 6.21 Å². The van der Waals surface area contributed by atoms with Gasteiger partial charge in [0.2, 0.25) is 0 Å². The van der Waals surface area contributed by atoms with Crippen LogP contribution in [-0.4, -0.2) is 6.21 Å². The second-order valence-corrected chi connectivity index (χ2v) is 4.59. The van der Waals surface area contributed by atoms with Crippen molar-refractivity contribution in [2.75, 3.05) is 0 Å². The molecule has 112 valence electrons. The Morgan fingerprint density at radius 3 is 2.35 bits per heavy atom. The van der Waals surface area contributed by atoms with Crippen LogP contribution in [0.5, 0.6) is 5.75 Å². The predicted octanol–water partition coefficient (Wildman–Crippen LogP) is 2.90. The van der Waals surface area contributed by atoms with Crippen molar-refractivity contribution >= 4 is 6.21 Å². The van der Waals surface area contributed by atoms with Gasteiger partial charge in [-0.3, -0.25) is 0 Å². The molecule has 0 radical (unpaired) electrons. The summed E-state index contributed by atoms with van der Waals surface area (Å²) in [4.78, 5) is 3.91. The van der Waals surface area contributed by atoms with Crippen LogP contribution in [0.15, 0.2) is 71.0 Å². The molecular formula is C18H14N4O. The zero-order chi connectivity index (χ0) is 16.5. The molecule has 23 heavy (non-hydrogen) atoms. The zero-order valence-corrected chi connectivity index (χ0v) is 12.3. The van der Waals surface area contributed by atoms with Gasteiger partial charge in [-0.15, -0.1) is 0 Å². The Labute approximate surface area is 134 Å². The molecule has 5 nitrogen and oxygen atoms in total. The summed E-state index contributed by atoms with van der Waals surface area (Å²) in [5.74, 6) is 0.735.